The fourth-order valence-corrected chi connectivity index (χ4v) is 1.62. The van der Waals surface area contributed by atoms with Gasteiger partial charge in [-0.15, -0.1) is 0 Å². The number of nitrogens with zero attached hydrogens (tertiary/aromatic N) is 1. The predicted molar refractivity (Wildman–Crippen MR) is 64.8 cm³/mol. The number of likely N-dealkylation sites (N-methyl/N-ethyl adjacent to an activating group) is 1. The summed E-state index contributed by atoms with van der Waals surface area (Å²) in [6, 6.07) is 6.82. The van der Waals surface area contributed by atoms with Crippen molar-refractivity contribution in [2.45, 2.75) is 20.0 Å². The van der Waals surface area contributed by atoms with Crippen LogP contribution < -0.4 is 4.74 Å². The number of aryl methyl sites for hydroxylation is 2. The minimum absolute atomic E-state index is 0.323. The van der Waals surface area contributed by atoms with Gasteiger partial charge in [-0.05, 0) is 57.3 Å². The Balaban J connectivity index is 2.54. The second-order valence-electron chi connectivity index (χ2n) is 4.38. The standard InChI is InChI=1S/C13H20NO2/c1-10-6-5-7-11(2)13(10)16-9-12(15)8-14(3)4/h6-7,12,15H,8-9H2,1-4H3. The van der Waals surface area contributed by atoms with Crippen LogP contribution in [-0.2, 0) is 0 Å². The van der Waals surface area contributed by atoms with E-state index < -0.39 is 6.10 Å². The summed E-state index contributed by atoms with van der Waals surface area (Å²) in [6.07, 6.45) is -0.460. The molecule has 0 amide bonds. The van der Waals surface area contributed by atoms with Crippen molar-refractivity contribution in [3.05, 3.63) is 29.3 Å². The number of hydrogen-bond acceptors (Lipinski definition) is 3. The lowest BCUT2D eigenvalue weighted by molar-refractivity contribution is 0.0825. The van der Waals surface area contributed by atoms with E-state index in [1.165, 1.54) is 0 Å². The van der Waals surface area contributed by atoms with Crippen LogP contribution in [0.2, 0.25) is 0 Å². The van der Waals surface area contributed by atoms with E-state index in [2.05, 4.69) is 6.07 Å². The summed E-state index contributed by atoms with van der Waals surface area (Å²) in [5.74, 6) is 0.858. The van der Waals surface area contributed by atoms with Crippen molar-refractivity contribution in [1.82, 2.24) is 4.90 Å². The molecule has 1 atom stereocenters. The third-order valence-corrected chi connectivity index (χ3v) is 2.31. The Kier molecular flexibility index (Phi) is 4.77. The summed E-state index contributed by atoms with van der Waals surface area (Å²) in [5, 5.41) is 9.69. The second kappa shape index (κ2) is 5.87. The molecular formula is C13H20NO2. The molecule has 0 aliphatic rings. The highest BCUT2D eigenvalue weighted by atomic mass is 16.5. The van der Waals surface area contributed by atoms with Crippen LogP contribution in [0, 0.1) is 19.9 Å². The molecule has 0 bridgehead atoms. The SMILES string of the molecule is Cc1c[c]cc(C)c1OCC(O)CN(C)C. The summed E-state index contributed by atoms with van der Waals surface area (Å²) >= 11 is 0. The third-order valence-electron chi connectivity index (χ3n) is 2.31. The van der Waals surface area contributed by atoms with Crippen LogP contribution in [0.25, 0.3) is 0 Å². The van der Waals surface area contributed by atoms with E-state index in [-0.39, 0.29) is 0 Å². The van der Waals surface area contributed by atoms with Gasteiger partial charge < -0.3 is 14.7 Å². The average Bonchev–Trinajstić information content (AvgIpc) is 2.15. The number of aliphatic hydroxyl groups excluding tert-OH is 1. The molecule has 1 aromatic carbocycles. The molecule has 0 aromatic heterocycles. The lowest BCUT2D eigenvalue weighted by Gasteiger charge is -2.18. The molecule has 0 heterocycles. The van der Waals surface area contributed by atoms with Gasteiger partial charge in [-0.1, -0.05) is 0 Å². The molecule has 3 heteroatoms. The number of hydrogen-bond donors (Lipinski definition) is 1. The molecule has 1 N–H and O–H groups in total. The number of benzene rings is 1. The van der Waals surface area contributed by atoms with Crippen LogP contribution in [0.4, 0.5) is 0 Å². The summed E-state index contributed by atoms with van der Waals surface area (Å²) in [5.41, 5.74) is 2.11. The molecular weight excluding hydrogens is 202 g/mol. The molecule has 0 saturated carbocycles. The first-order chi connectivity index (χ1) is 7.50. The molecule has 1 rings (SSSR count). The van der Waals surface area contributed by atoms with E-state index in [9.17, 15) is 5.11 Å². The van der Waals surface area contributed by atoms with Crippen LogP contribution in [-0.4, -0.2) is 43.4 Å². The molecule has 0 aliphatic heterocycles. The Hall–Kier alpha value is -1.06. The van der Waals surface area contributed by atoms with Crippen LogP contribution in [0.3, 0.4) is 0 Å². The molecule has 89 valence electrons. The zero-order valence-electron chi connectivity index (χ0n) is 10.4. The number of aliphatic hydroxyl groups is 1. The van der Waals surface area contributed by atoms with E-state index in [1.54, 1.807) is 0 Å². The average molecular weight is 222 g/mol. The number of rotatable bonds is 5. The fraction of sp³-hybridized carbons (Fsp3) is 0.538. The maximum atomic E-state index is 9.69. The van der Waals surface area contributed by atoms with Crippen LogP contribution in [0.15, 0.2) is 12.1 Å². The Morgan fingerprint density at radius 1 is 1.31 bits per heavy atom. The first kappa shape index (κ1) is 13.0. The van der Waals surface area contributed by atoms with Gasteiger partial charge in [0, 0.05) is 6.54 Å². The van der Waals surface area contributed by atoms with Gasteiger partial charge in [0.25, 0.3) is 0 Å². The zero-order valence-corrected chi connectivity index (χ0v) is 10.4. The van der Waals surface area contributed by atoms with Gasteiger partial charge in [-0.3, -0.25) is 0 Å². The third kappa shape index (κ3) is 3.83. The predicted octanol–water partition coefficient (Wildman–Crippen LogP) is 1.40. The molecule has 1 radical (unpaired) electrons. The first-order valence-corrected chi connectivity index (χ1v) is 5.43. The minimum atomic E-state index is -0.460. The van der Waals surface area contributed by atoms with Crippen molar-refractivity contribution in [2.75, 3.05) is 27.2 Å². The lowest BCUT2D eigenvalue weighted by Crippen LogP contribution is -2.30. The summed E-state index contributed by atoms with van der Waals surface area (Å²) in [7, 11) is 3.86. The maximum absolute atomic E-state index is 9.69. The Labute approximate surface area is 97.7 Å². The van der Waals surface area contributed by atoms with E-state index in [0.717, 1.165) is 16.9 Å². The molecule has 16 heavy (non-hydrogen) atoms. The van der Waals surface area contributed by atoms with Gasteiger partial charge in [-0.2, -0.15) is 0 Å². The summed E-state index contributed by atoms with van der Waals surface area (Å²) in [4.78, 5) is 1.94. The molecule has 3 nitrogen and oxygen atoms in total. The van der Waals surface area contributed by atoms with Gasteiger partial charge in [0.05, 0.1) is 0 Å². The van der Waals surface area contributed by atoms with Gasteiger partial charge in [-0.25, -0.2) is 0 Å². The highest BCUT2D eigenvalue weighted by Crippen LogP contribution is 2.22. The normalized spacial score (nSPS) is 12.9. The molecule has 1 aromatic rings. The smallest absolute Gasteiger partial charge is 0.125 e. The molecule has 1 unspecified atom stereocenters. The lowest BCUT2D eigenvalue weighted by atomic mass is 10.1. The van der Waals surface area contributed by atoms with Crippen molar-refractivity contribution in [2.24, 2.45) is 0 Å². The fourth-order valence-electron chi connectivity index (χ4n) is 1.62. The Morgan fingerprint density at radius 3 is 2.38 bits per heavy atom. The van der Waals surface area contributed by atoms with E-state index >= 15 is 0 Å². The highest BCUT2D eigenvalue weighted by Gasteiger charge is 2.09. The topological polar surface area (TPSA) is 32.7 Å². The second-order valence-corrected chi connectivity index (χ2v) is 4.38. The minimum Gasteiger partial charge on any atom is -0.490 e. The van der Waals surface area contributed by atoms with Crippen LogP contribution >= 0.6 is 0 Å². The summed E-state index contributed by atoms with van der Waals surface area (Å²) in [6.45, 7) is 4.90. The van der Waals surface area contributed by atoms with Crippen LogP contribution in [0.1, 0.15) is 11.1 Å². The van der Waals surface area contributed by atoms with E-state index in [4.69, 9.17) is 4.74 Å². The molecule has 0 spiro atoms. The van der Waals surface area contributed by atoms with Gasteiger partial charge in [0.1, 0.15) is 18.5 Å². The maximum Gasteiger partial charge on any atom is 0.125 e. The first-order valence-electron chi connectivity index (χ1n) is 5.43. The van der Waals surface area contributed by atoms with Crippen molar-refractivity contribution in [3.63, 3.8) is 0 Å². The largest absolute Gasteiger partial charge is 0.490 e. The molecule has 0 saturated heterocycles. The van der Waals surface area contributed by atoms with Crippen molar-refractivity contribution in [1.29, 1.82) is 0 Å². The van der Waals surface area contributed by atoms with Crippen molar-refractivity contribution >= 4 is 0 Å². The van der Waals surface area contributed by atoms with E-state index in [0.29, 0.717) is 13.2 Å². The van der Waals surface area contributed by atoms with Crippen molar-refractivity contribution in [3.8, 4) is 5.75 Å². The van der Waals surface area contributed by atoms with E-state index in [1.807, 2.05) is 45.0 Å². The zero-order chi connectivity index (χ0) is 12.1. The quantitative estimate of drug-likeness (QED) is 0.817. The highest BCUT2D eigenvalue weighted by molar-refractivity contribution is 5.39. The summed E-state index contributed by atoms with van der Waals surface area (Å²) < 4.78 is 5.63. The van der Waals surface area contributed by atoms with Crippen LogP contribution in [0.5, 0.6) is 5.75 Å². The van der Waals surface area contributed by atoms with Crippen molar-refractivity contribution < 1.29 is 9.84 Å². The monoisotopic (exact) mass is 222 g/mol. The molecule has 0 aliphatic carbocycles. The van der Waals surface area contributed by atoms with Gasteiger partial charge >= 0.3 is 0 Å². The Bertz CT molecular complexity index is 316. The van der Waals surface area contributed by atoms with Gasteiger partial charge in [0.2, 0.25) is 0 Å². The Morgan fingerprint density at radius 2 is 1.88 bits per heavy atom. The van der Waals surface area contributed by atoms with Gasteiger partial charge in [0.15, 0.2) is 0 Å². The number of ether oxygens (including phenoxy) is 1. The molecule has 0 fully saturated rings.